The second-order valence-electron chi connectivity index (χ2n) is 5.52. The zero-order chi connectivity index (χ0) is 14.8. The van der Waals surface area contributed by atoms with Gasteiger partial charge in [0.05, 0.1) is 25.7 Å². The van der Waals surface area contributed by atoms with Crippen LogP contribution in [0.1, 0.15) is 26.2 Å². The third-order valence-electron chi connectivity index (χ3n) is 4.47. The Bertz CT molecular complexity index is 522. The van der Waals surface area contributed by atoms with Crippen LogP contribution in [0.5, 0.6) is 0 Å². The molecule has 2 aliphatic heterocycles. The number of carbonyl (C=O) groups excluding carboxylic acids is 1. The first-order chi connectivity index (χ1) is 9.58. The number of carbonyl (C=O) groups is 1. The van der Waals surface area contributed by atoms with Gasteiger partial charge < -0.3 is 15.6 Å². The van der Waals surface area contributed by atoms with Gasteiger partial charge in [0.15, 0.2) is 0 Å². The second kappa shape index (κ2) is 5.84. The van der Waals surface area contributed by atoms with E-state index in [1.807, 2.05) is 0 Å². The lowest BCUT2D eigenvalue weighted by molar-refractivity contribution is -0.907. The summed E-state index contributed by atoms with van der Waals surface area (Å²) in [5.74, 6) is 0.996. The third-order valence-corrected chi connectivity index (χ3v) is 4.78. The molecule has 5 nitrogen and oxygen atoms in total. The Kier molecular flexibility index (Phi) is 4.34. The van der Waals surface area contributed by atoms with Gasteiger partial charge in [0.2, 0.25) is 5.91 Å². The van der Waals surface area contributed by atoms with Gasteiger partial charge >= 0.3 is 0 Å². The number of likely N-dealkylation sites (tertiary alicyclic amines) is 1. The van der Waals surface area contributed by atoms with E-state index >= 15 is 0 Å². The molecule has 0 aromatic heterocycles. The summed E-state index contributed by atoms with van der Waals surface area (Å²) in [4.78, 5) is 13.7. The van der Waals surface area contributed by atoms with Crippen molar-refractivity contribution in [2.75, 3.05) is 19.6 Å². The number of piperidine rings is 2. The van der Waals surface area contributed by atoms with Crippen LogP contribution in [0.4, 0.5) is 0 Å². The van der Waals surface area contributed by atoms with Crippen LogP contribution in [0.3, 0.4) is 0 Å². The molecule has 0 aromatic rings. The van der Waals surface area contributed by atoms with Crippen LogP contribution in [0, 0.1) is 22.7 Å². The molecule has 0 unspecified atom stereocenters. The molecule has 20 heavy (non-hydrogen) atoms. The molecule has 0 saturated carbocycles. The van der Waals surface area contributed by atoms with Gasteiger partial charge in [-0.3, -0.25) is 10.7 Å². The Morgan fingerprint density at radius 2 is 2.20 bits per heavy atom. The molecular formula is C14H18N4OS. The average molecular weight is 290 g/mol. The van der Waals surface area contributed by atoms with Crippen molar-refractivity contribution in [3.63, 3.8) is 0 Å². The molecule has 2 rings (SSSR count). The quantitative estimate of drug-likeness (QED) is 0.421. The summed E-state index contributed by atoms with van der Waals surface area (Å²) in [6.07, 6.45) is 2.46. The highest BCUT2D eigenvalue weighted by atomic mass is 32.1. The van der Waals surface area contributed by atoms with Crippen molar-refractivity contribution in [2.45, 2.75) is 26.2 Å². The summed E-state index contributed by atoms with van der Waals surface area (Å²) in [6.45, 7) is 5.00. The van der Waals surface area contributed by atoms with Crippen LogP contribution < -0.4 is 10.2 Å². The van der Waals surface area contributed by atoms with Gasteiger partial charge in [0, 0.05) is 23.8 Å². The molecule has 2 saturated heterocycles. The van der Waals surface area contributed by atoms with E-state index in [9.17, 15) is 15.5 Å². The molecule has 2 aliphatic rings. The van der Waals surface area contributed by atoms with Crippen LogP contribution >= 0.6 is 12.2 Å². The summed E-state index contributed by atoms with van der Waals surface area (Å²) < 4.78 is 0. The van der Waals surface area contributed by atoms with Crippen molar-refractivity contribution in [1.82, 2.24) is 5.32 Å². The predicted octanol–water partition coefficient (Wildman–Crippen LogP) is -0.176. The SMILES string of the molecule is CCC[NH+]1CCC2(CC1)C(=C=[N-])C(=S)NC(=O)[C@@H]2C#N. The summed E-state index contributed by atoms with van der Waals surface area (Å²) in [6, 6.07) is 2.09. The first-order valence-electron chi connectivity index (χ1n) is 6.95. The van der Waals surface area contributed by atoms with E-state index < -0.39 is 11.3 Å². The number of thiocarbonyl (C=S) groups is 1. The van der Waals surface area contributed by atoms with Gasteiger partial charge in [0.25, 0.3) is 0 Å². The largest absolute Gasteiger partial charge is 0.763 e. The summed E-state index contributed by atoms with van der Waals surface area (Å²) in [5.41, 5.74) is -0.241. The molecule has 6 heteroatoms. The fourth-order valence-corrected chi connectivity index (χ4v) is 3.75. The summed E-state index contributed by atoms with van der Waals surface area (Å²) in [7, 11) is 0. The Morgan fingerprint density at radius 3 is 2.70 bits per heavy atom. The lowest BCUT2D eigenvalue weighted by Gasteiger charge is -2.45. The Hall–Kier alpha value is -1.54. The zero-order valence-electron chi connectivity index (χ0n) is 11.5. The summed E-state index contributed by atoms with van der Waals surface area (Å²) in [5, 5.41) is 21.3. The van der Waals surface area contributed by atoms with Crippen molar-refractivity contribution in [2.24, 2.45) is 11.3 Å². The number of nitrogens with one attached hydrogen (secondary N) is 2. The predicted molar refractivity (Wildman–Crippen MR) is 79.2 cm³/mol. The minimum Gasteiger partial charge on any atom is -0.763 e. The first kappa shape index (κ1) is 14.9. The monoisotopic (exact) mass is 290 g/mol. The zero-order valence-corrected chi connectivity index (χ0v) is 12.3. The lowest BCUT2D eigenvalue weighted by atomic mass is 9.62. The van der Waals surface area contributed by atoms with Crippen molar-refractivity contribution < 1.29 is 9.69 Å². The van der Waals surface area contributed by atoms with Gasteiger partial charge in [-0.2, -0.15) is 5.26 Å². The number of quaternary nitrogens is 1. The Balaban J connectivity index is 2.34. The fourth-order valence-electron chi connectivity index (χ4n) is 3.40. The third kappa shape index (κ3) is 2.29. The lowest BCUT2D eigenvalue weighted by Crippen LogP contribution is -3.13. The highest BCUT2D eigenvalue weighted by Crippen LogP contribution is 2.44. The normalized spacial score (nSPS) is 33.5. The minimum atomic E-state index is -0.799. The maximum Gasteiger partial charge on any atom is 0.243 e. The smallest absolute Gasteiger partial charge is 0.243 e. The Labute approximate surface area is 124 Å². The number of hydrogen-bond acceptors (Lipinski definition) is 3. The van der Waals surface area contributed by atoms with E-state index in [1.165, 1.54) is 4.90 Å². The molecule has 2 heterocycles. The average Bonchev–Trinajstić information content (AvgIpc) is 2.42. The highest BCUT2D eigenvalue weighted by molar-refractivity contribution is 7.80. The highest BCUT2D eigenvalue weighted by Gasteiger charge is 2.53. The maximum atomic E-state index is 12.0. The standard InChI is InChI=1S/C14H17N4OS/c1-2-5-18-6-3-14(4-7-18)10(8-15)12(19)17-13(20)11(14)9-16/h10H,2-7H2,1H3,(H,17,19,20)/q-1/p+1/t10-/m0/s1. The molecule has 0 radical (unpaired) electrons. The molecule has 2 N–H and O–H groups in total. The van der Waals surface area contributed by atoms with Crippen LogP contribution in [0.15, 0.2) is 5.57 Å². The molecule has 1 atom stereocenters. The number of nitrogens with zero attached hydrogens (tertiary/aromatic N) is 2. The molecular weight excluding hydrogens is 272 g/mol. The molecule has 1 spiro atoms. The van der Waals surface area contributed by atoms with Gasteiger partial charge in [-0.25, -0.2) is 0 Å². The van der Waals surface area contributed by atoms with Crippen molar-refractivity contribution in [3.05, 3.63) is 11.0 Å². The van der Waals surface area contributed by atoms with E-state index in [4.69, 9.17) is 12.2 Å². The number of hydrogen-bond donors (Lipinski definition) is 2. The van der Waals surface area contributed by atoms with E-state index in [1.54, 1.807) is 0 Å². The first-order valence-corrected chi connectivity index (χ1v) is 7.35. The van der Waals surface area contributed by atoms with E-state index in [0.29, 0.717) is 18.4 Å². The number of amides is 1. The van der Waals surface area contributed by atoms with E-state index in [-0.39, 0.29) is 10.9 Å². The second-order valence-corrected chi connectivity index (χ2v) is 5.93. The molecule has 0 aliphatic carbocycles. The van der Waals surface area contributed by atoms with Gasteiger partial charge in [-0.1, -0.05) is 19.1 Å². The van der Waals surface area contributed by atoms with Crippen molar-refractivity contribution >= 4 is 29.0 Å². The van der Waals surface area contributed by atoms with Crippen molar-refractivity contribution in [1.29, 1.82) is 5.26 Å². The number of rotatable bonds is 2. The van der Waals surface area contributed by atoms with E-state index in [0.717, 1.165) is 26.1 Å². The molecule has 0 bridgehead atoms. The number of nitriles is 1. The molecule has 2 fully saturated rings. The van der Waals surface area contributed by atoms with Crippen molar-refractivity contribution in [3.8, 4) is 6.07 Å². The topological polar surface area (TPSA) is 79.6 Å². The summed E-state index contributed by atoms with van der Waals surface area (Å²) >= 11 is 5.13. The van der Waals surface area contributed by atoms with E-state index in [2.05, 4.69) is 24.2 Å². The van der Waals surface area contributed by atoms with Crippen LogP contribution in [0.2, 0.25) is 0 Å². The molecule has 1 amide bonds. The Morgan fingerprint density at radius 1 is 1.55 bits per heavy atom. The molecule has 106 valence electrons. The van der Waals surface area contributed by atoms with Crippen LogP contribution in [0.25, 0.3) is 5.41 Å². The van der Waals surface area contributed by atoms with Crippen LogP contribution in [-0.2, 0) is 4.79 Å². The minimum absolute atomic E-state index is 0.211. The fraction of sp³-hybridized carbons (Fsp3) is 0.643. The molecule has 0 aromatic carbocycles. The van der Waals surface area contributed by atoms with Gasteiger partial charge in [0.1, 0.15) is 10.9 Å². The maximum absolute atomic E-state index is 12.0. The van der Waals surface area contributed by atoms with Crippen LogP contribution in [-0.4, -0.2) is 36.4 Å². The van der Waals surface area contributed by atoms with Gasteiger partial charge in [-0.15, -0.1) is 0 Å². The van der Waals surface area contributed by atoms with Gasteiger partial charge in [-0.05, 0) is 6.42 Å².